The van der Waals surface area contributed by atoms with Gasteiger partial charge in [0.2, 0.25) is 0 Å². The van der Waals surface area contributed by atoms with Crippen molar-refractivity contribution in [2.45, 2.75) is 26.3 Å². The van der Waals surface area contributed by atoms with Crippen molar-refractivity contribution in [3.05, 3.63) is 35.4 Å². The van der Waals surface area contributed by atoms with Gasteiger partial charge in [-0.1, -0.05) is 19.1 Å². The predicted octanol–water partition coefficient (Wildman–Crippen LogP) is 1.88. The number of nitrogens with zero attached hydrogens (tertiary/aromatic N) is 1. The highest BCUT2D eigenvalue weighted by atomic mass is 127. The maximum absolute atomic E-state index is 11.9. The van der Waals surface area contributed by atoms with Crippen molar-refractivity contribution in [1.82, 2.24) is 16.0 Å². The minimum absolute atomic E-state index is 0. The van der Waals surface area contributed by atoms with Crippen LogP contribution in [0.3, 0.4) is 0 Å². The Morgan fingerprint density at radius 3 is 3.00 bits per heavy atom. The van der Waals surface area contributed by atoms with Crippen LogP contribution in [-0.2, 0) is 6.54 Å². The molecule has 0 unspecified atom stereocenters. The summed E-state index contributed by atoms with van der Waals surface area (Å²) in [5, 5.41) is 9.35. The lowest BCUT2D eigenvalue weighted by atomic mass is 10.1. The van der Waals surface area contributed by atoms with E-state index in [2.05, 4.69) is 20.9 Å². The summed E-state index contributed by atoms with van der Waals surface area (Å²) in [5.41, 5.74) is 1.78. The van der Waals surface area contributed by atoms with Crippen molar-refractivity contribution >= 4 is 35.8 Å². The second kappa shape index (κ2) is 9.59. The number of hydrogen-bond donors (Lipinski definition) is 3. The SMILES string of the molecule is CCCNC(=O)c1cccc(CNC2=NCCCN2)c1.I. The highest BCUT2D eigenvalue weighted by molar-refractivity contribution is 14.0. The Morgan fingerprint density at radius 1 is 1.43 bits per heavy atom. The van der Waals surface area contributed by atoms with Gasteiger partial charge in [0.1, 0.15) is 0 Å². The van der Waals surface area contributed by atoms with Gasteiger partial charge in [-0.25, -0.2) is 0 Å². The third-order valence-electron chi connectivity index (χ3n) is 3.08. The second-order valence-electron chi connectivity index (χ2n) is 4.82. The van der Waals surface area contributed by atoms with E-state index >= 15 is 0 Å². The van der Waals surface area contributed by atoms with Crippen molar-refractivity contribution in [1.29, 1.82) is 0 Å². The molecule has 1 amide bonds. The molecule has 0 spiro atoms. The zero-order chi connectivity index (χ0) is 14.2. The highest BCUT2D eigenvalue weighted by Crippen LogP contribution is 2.05. The summed E-state index contributed by atoms with van der Waals surface area (Å²) in [6, 6.07) is 7.67. The van der Waals surface area contributed by atoms with Gasteiger partial charge < -0.3 is 16.0 Å². The molecule has 3 N–H and O–H groups in total. The molecule has 2 rings (SSSR count). The van der Waals surface area contributed by atoms with Gasteiger partial charge in [0, 0.05) is 31.7 Å². The van der Waals surface area contributed by atoms with Crippen LogP contribution in [-0.4, -0.2) is 31.5 Å². The van der Waals surface area contributed by atoms with Gasteiger partial charge in [-0.3, -0.25) is 9.79 Å². The van der Waals surface area contributed by atoms with E-state index in [-0.39, 0.29) is 29.9 Å². The summed E-state index contributed by atoms with van der Waals surface area (Å²) in [4.78, 5) is 16.3. The number of hydrogen-bond acceptors (Lipinski definition) is 4. The first-order chi connectivity index (χ1) is 9.79. The summed E-state index contributed by atoms with van der Waals surface area (Å²) in [7, 11) is 0. The largest absolute Gasteiger partial charge is 0.356 e. The van der Waals surface area contributed by atoms with E-state index in [0.717, 1.165) is 37.5 Å². The first-order valence-corrected chi connectivity index (χ1v) is 7.19. The van der Waals surface area contributed by atoms with Crippen LogP contribution in [0.2, 0.25) is 0 Å². The van der Waals surface area contributed by atoms with Gasteiger partial charge in [0.25, 0.3) is 5.91 Å². The van der Waals surface area contributed by atoms with Crippen LogP contribution in [0.25, 0.3) is 0 Å². The van der Waals surface area contributed by atoms with Gasteiger partial charge in [-0.2, -0.15) is 0 Å². The fourth-order valence-electron chi connectivity index (χ4n) is 2.00. The maximum Gasteiger partial charge on any atom is 0.251 e. The fraction of sp³-hybridized carbons (Fsp3) is 0.467. The molecule has 0 bridgehead atoms. The number of amides is 1. The minimum atomic E-state index is -0.0122. The molecule has 1 heterocycles. The van der Waals surface area contributed by atoms with Gasteiger partial charge in [-0.05, 0) is 30.5 Å². The molecule has 0 atom stereocenters. The van der Waals surface area contributed by atoms with Crippen LogP contribution in [0.1, 0.15) is 35.7 Å². The number of carbonyl (C=O) groups excluding carboxylic acids is 1. The standard InChI is InChI=1S/C15H22N4O.HI/c1-2-7-16-14(20)13-6-3-5-12(10-13)11-19-15-17-8-4-9-18-15;/h3,5-6,10H,2,4,7-9,11H2,1H3,(H,16,20)(H2,17,18,19);1H. The van der Waals surface area contributed by atoms with E-state index in [1.165, 1.54) is 0 Å². The number of halogens is 1. The topological polar surface area (TPSA) is 65.5 Å². The van der Waals surface area contributed by atoms with Crippen LogP contribution in [0.15, 0.2) is 29.3 Å². The number of benzene rings is 1. The molecule has 5 nitrogen and oxygen atoms in total. The average molecular weight is 402 g/mol. The predicted molar refractivity (Wildman–Crippen MR) is 96.2 cm³/mol. The van der Waals surface area contributed by atoms with Crippen molar-refractivity contribution in [3.63, 3.8) is 0 Å². The van der Waals surface area contributed by atoms with Crippen LogP contribution in [0.5, 0.6) is 0 Å². The Bertz CT molecular complexity index is 490. The molecule has 0 fully saturated rings. The van der Waals surface area contributed by atoms with E-state index in [0.29, 0.717) is 18.7 Å². The van der Waals surface area contributed by atoms with Crippen LogP contribution >= 0.6 is 24.0 Å². The smallest absolute Gasteiger partial charge is 0.251 e. The molecule has 0 aliphatic carbocycles. The Morgan fingerprint density at radius 2 is 2.29 bits per heavy atom. The number of aliphatic imine (C=N–C) groups is 1. The van der Waals surface area contributed by atoms with Crippen LogP contribution in [0, 0.1) is 0 Å². The van der Waals surface area contributed by atoms with E-state index in [1.54, 1.807) is 0 Å². The maximum atomic E-state index is 11.9. The van der Waals surface area contributed by atoms with Gasteiger partial charge in [0.15, 0.2) is 5.96 Å². The second-order valence-corrected chi connectivity index (χ2v) is 4.82. The normalized spacial score (nSPS) is 13.5. The molecule has 21 heavy (non-hydrogen) atoms. The molecule has 1 aliphatic rings. The molecule has 116 valence electrons. The number of guanidine groups is 1. The molecule has 1 aromatic carbocycles. The zero-order valence-corrected chi connectivity index (χ0v) is 14.6. The van der Waals surface area contributed by atoms with E-state index < -0.39 is 0 Å². The lowest BCUT2D eigenvalue weighted by Crippen LogP contribution is -2.40. The van der Waals surface area contributed by atoms with Crippen LogP contribution < -0.4 is 16.0 Å². The lowest BCUT2D eigenvalue weighted by Gasteiger charge is -2.16. The average Bonchev–Trinajstić information content (AvgIpc) is 2.52. The molecule has 0 aromatic heterocycles. The van der Waals surface area contributed by atoms with Crippen molar-refractivity contribution < 1.29 is 4.79 Å². The van der Waals surface area contributed by atoms with Crippen LogP contribution in [0.4, 0.5) is 0 Å². The molecule has 6 heteroatoms. The zero-order valence-electron chi connectivity index (χ0n) is 12.3. The van der Waals surface area contributed by atoms with Crippen molar-refractivity contribution in [2.75, 3.05) is 19.6 Å². The molecule has 1 aliphatic heterocycles. The third-order valence-corrected chi connectivity index (χ3v) is 3.08. The summed E-state index contributed by atoms with van der Waals surface area (Å²) in [6.07, 6.45) is 2.02. The molecular weight excluding hydrogens is 379 g/mol. The Balaban J connectivity index is 0.00000220. The number of rotatable bonds is 5. The van der Waals surface area contributed by atoms with Gasteiger partial charge in [0.05, 0.1) is 0 Å². The summed E-state index contributed by atoms with van der Waals surface area (Å²) < 4.78 is 0. The molecular formula is C15H23IN4O. The highest BCUT2D eigenvalue weighted by Gasteiger charge is 2.06. The number of nitrogens with one attached hydrogen (secondary N) is 3. The Labute approximate surface area is 143 Å². The Kier molecular flexibility index (Phi) is 8.11. The first-order valence-electron chi connectivity index (χ1n) is 7.19. The summed E-state index contributed by atoms with van der Waals surface area (Å²) >= 11 is 0. The van der Waals surface area contributed by atoms with Crippen molar-refractivity contribution in [2.24, 2.45) is 4.99 Å². The third kappa shape index (κ3) is 5.91. The molecule has 0 saturated carbocycles. The van der Waals surface area contributed by atoms with Gasteiger partial charge >= 0.3 is 0 Å². The minimum Gasteiger partial charge on any atom is -0.356 e. The van der Waals surface area contributed by atoms with E-state index in [9.17, 15) is 4.79 Å². The quantitative estimate of drug-likeness (QED) is 0.660. The Hall–Kier alpha value is -1.31. The van der Waals surface area contributed by atoms with Gasteiger partial charge in [-0.15, -0.1) is 24.0 Å². The summed E-state index contributed by atoms with van der Waals surface area (Å²) in [5.74, 6) is 0.832. The van der Waals surface area contributed by atoms with E-state index in [4.69, 9.17) is 0 Å². The molecule has 1 aromatic rings. The monoisotopic (exact) mass is 402 g/mol. The molecule has 0 saturated heterocycles. The van der Waals surface area contributed by atoms with E-state index in [1.807, 2.05) is 31.2 Å². The lowest BCUT2D eigenvalue weighted by molar-refractivity contribution is 0.0953. The van der Waals surface area contributed by atoms with Crippen molar-refractivity contribution in [3.8, 4) is 0 Å². The molecule has 0 radical (unpaired) electrons. The number of carbonyl (C=O) groups is 1. The first kappa shape index (κ1) is 17.7. The fourth-order valence-corrected chi connectivity index (χ4v) is 2.00. The summed E-state index contributed by atoms with van der Waals surface area (Å²) in [6.45, 7) is 5.25.